The predicted molar refractivity (Wildman–Crippen MR) is 61.8 cm³/mol. The van der Waals surface area contributed by atoms with Crippen molar-refractivity contribution in [3.05, 3.63) is 24.8 Å². The first-order valence-corrected chi connectivity index (χ1v) is 4.98. The van der Waals surface area contributed by atoms with Gasteiger partial charge in [0.1, 0.15) is 0 Å². The third-order valence-corrected chi connectivity index (χ3v) is 2.45. The Hall–Kier alpha value is -0.520. The van der Waals surface area contributed by atoms with Gasteiger partial charge in [-0.15, -0.1) is 6.58 Å². The average molecular weight is 180 g/mol. The summed E-state index contributed by atoms with van der Waals surface area (Å²) in [5, 5.41) is 0. The zero-order chi connectivity index (χ0) is 10.7. The Labute approximate surface area is 83.7 Å². The van der Waals surface area contributed by atoms with Crippen molar-refractivity contribution in [2.45, 2.75) is 47.5 Å². The Morgan fingerprint density at radius 1 is 1.15 bits per heavy atom. The lowest BCUT2D eigenvalue weighted by atomic mass is 9.75. The van der Waals surface area contributed by atoms with Crippen LogP contribution in [0.25, 0.3) is 0 Å². The van der Waals surface area contributed by atoms with Crippen molar-refractivity contribution in [2.24, 2.45) is 10.8 Å². The minimum Gasteiger partial charge on any atom is -0.103 e. The molecule has 0 aromatic heterocycles. The molecule has 0 aliphatic heterocycles. The van der Waals surface area contributed by atoms with E-state index in [4.69, 9.17) is 0 Å². The van der Waals surface area contributed by atoms with Gasteiger partial charge in [0.05, 0.1) is 0 Å². The van der Waals surface area contributed by atoms with Crippen molar-refractivity contribution in [3.8, 4) is 0 Å². The van der Waals surface area contributed by atoms with Crippen LogP contribution in [0.2, 0.25) is 0 Å². The fourth-order valence-electron chi connectivity index (χ4n) is 1.31. The van der Waals surface area contributed by atoms with Crippen LogP contribution in [0.3, 0.4) is 0 Å². The van der Waals surface area contributed by atoms with Crippen LogP contribution in [0.15, 0.2) is 24.8 Å². The lowest BCUT2D eigenvalue weighted by molar-refractivity contribution is 0.331. The molecule has 0 saturated carbocycles. The summed E-state index contributed by atoms with van der Waals surface area (Å²) in [5.74, 6) is 0. The predicted octanol–water partition coefficient (Wildman–Crippen LogP) is 4.58. The van der Waals surface area contributed by atoms with E-state index in [0.717, 1.165) is 12.8 Å². The number of hydrogen-bond acceptors (Lipinski definition) is 0. The molecule has 0 spiro atoms. The van der Waals surface area contributed by atoms with E-state index in [0.29, 0.717) is 5.41 Å². The molecule has 0 aromatic carbocycles. The van der Waals surface area contributed by atoms with Crippen molar-refractivity contribution in [1.29, 1.82) is 0 Å². The van der Waals surface area contributed by atoms with Crippen molar-refractivity contribution in [1.82, 2.24) is 0 Å². The second-order valence-electron chi connectivity index (χ2n) is 5.69. The van der Waals surface area contributed by atoms with Gasteiger partial charge < -0.3 is 0 Å². The maximum Gasteiger partial charge on any atom is -0.0175 e. The molecule has 0 rings (SSSR count). The first-order valence-electron chi connectivity index (χ1n) is 4.98. The molecule has 0 aliphatic carbocycles. The molecule has 0 heteroatoms. The van der Waals surface area contributed by atoms with Crippen molar-refractivity contribution < 1.29 is 0 Å². The van der Waals surface area contributed by atoms with Crippen LogP contribution in [0.4, 0.5) is 0 Å². The highest BCUT2D eigenvalue weighted by molar-refractivity contribution is 5.08. The molecule has 0 heterocycles. The molecule has 0 bridgehead atoms. The van der Waals surface area contributed by atoms with Crippen molar-refractivity contribution in [3.63, 3.8) is 0 Å². The van der Waals surface area contributed by atoms with Gasteiger partial charge in [-0.25, -0.2) is 0 Å². The fourth-order valence-corrected chi connectivity index (χ4v) is 1.31. The molecule has 0 N–H and O–H groups in total. The molecule has 0 aliphatic rings. The molecule has 0 saturated heterocycles. The van der Waals surface area contributed by atoms with Gasteiger partial charge in [0.15, 0.2) is 0 Å². The average Bonchev–Trinajstić information content (AvgIpc) is 1.83. The first-order chi connectivity index (χ1) is 5.69. The van der Waals surface area contributed by atoms with Gasteiger partial charge in [0.25, 0.3) is 0 Å². The second kappa shape index (κ2) is 4.13. The zero-order valence-corrected chi connectivity index (χ0v) is 9.91. The van der Waals surface area contributed by atoms with Crippen LogP contribution < -0.4 is 0 Å². The molecule has 0 radical (unpaired) electrons. The van der Waals surface area contributed by atoms with E-state index in [1.54, 1.807) is 0 Å². The summed E-state index contributed by atoms with van der Waals surface area (Å²) >= 11 is 0. The Balaban J connectivity index is 4.28. The van der Waals surface area contributed by atoms with Gasteiger partial charge in [-0.05, 0) is 23.7 Å². The molecule has 0 nitrogen and oxygen atoms in total. The maximum absolute atomic E-state index is 4.16. The summed E-state index contributed by atoms with van der Waals surface area (Å²) in [6.07, 6.45) is 4.14. The molecule has 0 amide bonds. The quantitative estimate of drug-likeness (QED) is 0.555. The van der Waals surface area contributed by atoms with Gasteiger partial charge in [-0.1, -0.05) is 52.8 Å². The van der Waals surface area contributed by atoms with Crippen molar-refractivity contribution in [2.75, 3.05) is 0 Å². The van der Waals surface area contributed by atoms with Gasteiger partial charge in [-0.3, -0.25) is 0 Å². The standard InChI is InChI=1S/C13H24/c1-8-9-13(6,7)10-11(2)12(3,4)5/h8H,1-2,9-10H2,3-7H3. The van der Waals surface area contributed by atoms with Crippen molar-refractivity contribution >= 4 is 0 Å². The van der Waals surface area contributed by atoms with E-state index in [9.17, 15) is 0 Å². The van der Waals surface area contributed by atoms with Gasteiger partial charge in [-0.2, -0.15) is 0 Å². The normalized spacial score (nSPS) is 12.7. The molecule has 76 valence electrons. The lowest BCUT2D eigenvalue weighted by Gasteiger charge is -2.30. The summed E-state index contributed by atoms with van der Waals surface area (Å²) < 4.78 is 0. The van der Waals surface area contributed by atoms with Gasteiger partial charge >= 0.3 is 0 Å². The fraction of sp³-hybridized carbons (Fsp3) is 0.692. The third-order valence-electron chi connectivity index (χ3n) is 2.45. The summed E-state index contributed by atoms with van der Waals surface area (Å²) in [6.45, 7) is 19.1. The SMILES string of the molecule is C=CCC(C)(C)CC(=C)C(C)(C)C. The van der Waals surface area contributed by atoms with Crippen LogP contribution in [-0.2, 0) is 0 Å². The highest BCUT2D eigenvalue weighted by Crippen LogP contribution is 2.36. The monoisotopic (exact) mass is 180 g/mol. The van der Waals surface area contributed by atoms with Crippen LogP contribution >= 0.6 is 0 Å². The van der Waals surface area contributed by atoms with E-state index in [-0.39, 0.29) is 5.41 Å². The van der Waals surface area contributed by atoms with Gasteiger partial charge in [0.2, 0.25) is 0 Å². The van der Waals surface area contributed by atoms with E-state index in [2.05, 4.69) is 47.8 Å². The van der Waals surface area contributed by atoms with E-state index in [1.807, 2.05) is 6.08 Å². The summed E-state index contributed by atoms with van der Waals surface area (Å²) in [4.78, 5) is 0. The number of allylic oxidation sites excluding steroid dienone is 2. The smallest absolute Gasteiger partial charge is 0.0175 e. The highest BCUT2D eigenvalue weighted by Gasteiger charge is 2.23. The number of rotatable bonds is 4. The summed E-state index contributed by atoms with van der Waals surface area (Å²) in [5.41, 5.74) is 1.88. The lowest BCUT2D eigenvalue weighted by Crippen LogP contribution is -2.17. The second-order valence-corrected chi connectivity index (χ2v) is 5.69. The van der Waals surface area contributed by atoms with Gasteiger partial charge in [0, 0.05) is 0 Å². The molecular formula is C13H24. The molecule has 0 atom stereocenters. The Morgan fingerprint density at radius 2 is 1.62 bits per heavy atom. The van der Waals surface area contributed by atoms with Crippen LogP contribution in [0.1, 0.15) is 47.5 Å². The number of hydrogen-bond donors (Lipinski definition) is 0. The van der Waals surface area contributed by atoms with Crippen LogP contribution in [0.5, 0.6) is 0 Å². The Bertz CT molecular complexity index is 189. The first kappa shape index (κ1) is 12.5. The Kier molecular flexibility index (Phi) is 3.96. The zero-order valence-electron chi connectivity index (χ0n) is 9.91. The largest absolute Gasteiger partial charge is 0.103 e. The molecular weight excluding hydrogens is 156 g/mol. The molecule has 0 unspecified atom stereocenters. The van der Waals surface area contributed by atoms with Crippen LogP contribution in [-0.4, -0.2) is 0 Å². The molecule has 13 heavy (non-hydrogen) atoms. The molecule has 0 fully saturated rings. The van der Waals surface area contributed by atoms with Crippen LogP contribution in [0, 0.1) is 10.8 Å². The third kappa shape index (κ3) is 4.92. The van der Waals surface area contributed by atoms with E-state index >= 15 is 0 Å². The highest BCUT2D eigenvalue weighted by atomic mass is 14.3. The van der Waals surface area contributed by atoms with E-state index < -0.39 is 0 Å². The topological polar surface area (TPSA) is 0 Å². The minimum absolute atomic E-state index is 0.235. The summed E-state index contributed by atoms with van der Waals surface area (Å²) in [7, 11) is 0. The Morgan fingerprint density at radius 3 is 1.92 bits per heavy atom. The van der Waals surface area contributed by atoms with E-state index in [1.165, 1.54) is 5.57 Å². The maximum atomic E-state index is 4.16. The molecule has 0 aromatic rings. The summed E-state index contributed by atoms with van der Waals surface area (Å²) in [6, 6.07) is 0. The minimum atomic E-state index is 0.235.